The van der Waals surface area contributed by atoms with Crippen LogP contribution < -0.4 is 10.9 Å². The molecule has 0 atom stereocenters. The highest BCUT2D eigenvalue weighted by Gasteiger charge is 2.15. The highest BCUT2D eigenvalue weighted by molar-refractivity contribution is 7.98. The van der Waals surface area contributed by atoms with E-state index >= 15 is 0 Å². The Bertz CT molecular complexity index is 1270. The van der Waals surface area contributed by atoms with Gasteiger partial charge in [0.1, 0.15) is 0 Å². The van der Waals surface area contributed by atoms with Crippen molar-refractivity contribution < 1.29 is 4.79 Å². The van der Waals surface area contributed by atoms with E-state index in [4.69, 9.17) is 11.6 Å². The number of H-pyrrole nitrogens is 1. The summed E-state index contributed by atoms with van der Waals surface area (Å²) >= 11 is 8.77. The molecule has 0 aliphatic carbocycles. The molecule has 2 aromatic carbocycles. The highest BCUT2D eigenvalue weighted by atomic mass is 35.5. The van der Waals surface area contributed by atoms with Crippen molar-refractivity contribution in [2.24, 2.45) is 0 Å². The fourth-order valence-electron chi connectivity index (χ4n) is 2.86. The first kappa shape index (κ1) is 20.6. The molecular formula is C21H17ClN4O2S2. The Morgan fingerprint density at radius 2 is 2.00 bits per heavy atom. The predicted octanol–water partition coefficient (Wildman–Crippen LogP) is 4.81. The van der Waals surface area contributed by atoms with Crippen LogP contribution in [0.1, 0.15) is 16.8 Å². The summed E-state index contributed by atoms with van der Waals surface area (Å²) in [5.74, 6) is 0.380. The van der Waals surface area contributed by atoms with Gasteiger partial charge in [0, 0.05) is 22.0 Å². The van der Waals surface area contributed by atoms with Gasteiger partial charge in [0.25, 0.3) is 5.56 Å². The molecule has 9 heteroatoms. The van der Waals surface area contributed by atoms with Gasteiger partial charge in [0.05, 0.1) is 16.6 Å². The Balaban J connectivity index is 1.44. The Morgan fingerprint density at radius 3 is 2.77 bits per heavy atom. The molecular weight excluding hydrogens is 440 g/mol. The fraction of sp³-hybridized carbons (Fsp3) is 0.143. The van der Waals surface area contributed by atoms with Crippen LogP contribution in [0.5, 0.6) is 0 Å². The Hall–Kier alpha value is -2.68. The molecule has 0 radical (unpaired) electrons. The van der Waals surface area contributed by atoms with Crippen molar-refractivity contribution in [2.45, 2.75) is 24.3 Å². The normalized spacial score (nSPS) is 11.0. The molecule has 0 aliphatic rings. The molecule has 0 saturated heterocycles. The van der Waals surface area contributed by atoms with Gasteiger partial charge in [-0.05, 0) is 30.7 Å². The van der Waals surface area contributed by atoms with E-state index in [0.29, 0.717) is 32.3 Å². The SMILES string of the molecule is Cc1nc(SCc2ccccc2)[nH]c(=O)c1CC(=O)Nc1nc2ccc(Cl)cc2s1. The van der Waals surface area contributed by atoms with Gasteiger partial charge in [-0.3, -0.25) is 9.59 Å². The maximum Gasteiger partial charge on any atom is 0.255 e. The number of hydrogen-bond donors (Lipinski definition) is 2. The van der Waals surface area contributed by atoms with Crippen molar-refractivity contribution in [1.82, 2.24) is 15.0 Å². The molecule has 0 aliphatic heterocycles. The van der Waals surface area contributed by atoms with E-state index in [1.54, 1.807) is 25.1 Å². The molecule has 4 aromatic rings. The lowest BCUT2D eigenvalue weighted by Gasteiger charge is -2.07. The van der Waals surface area contributed by atoms with Gasteiger partial charge in [0.15, 0.2) is 10.3 Å². The number of thiazole rings is 1. The zero-order chi connectivity index (χ0) is 21.1. The van der Waals surface area contributed by atoms with Crippen molar-refractivity contribution in [3.63, 3.8) is 0 Å². The lowest BCUT2D eigenvalue weighted by atomic mass is 10.1. The summed E-state index contributed by atoms with van der Waals surface area (Å²) in [6, 6.07) is 15.3. The molecule has 2 aromatic heterocycles. The first-order chi connectivity index (χ1) is 14.5. The van der Waals surface area contributed by atoms with Crippen LogP contribution in [0.3, 0.4) is 0 Å². The number of aromatic amines is 1. The molecule has 4 rings (SSSR count). The van der Waals surface area contributed by atoms with Gasteiger partial charge in [-0.1, -0.05) is 65.0 Å². The van der Waals surface area contributed by atoms with E-state index in [2.05, 4.69) is 20.3 Å². The predicted molar refractivity (Wildman–Crippen MR) is 123 cm³/mol. The van der Waals surface area contributed by atoms with E-state index in [9.17, 15) is 9.59 Å². The van der Waals surface area contributed by atoms with Crippen molar-refractivity contribution >= 4 is 56.0 Å². The number of benzene rings is 2. The zero-order valence-corrected chi connectivity index (χ0v) is 18.3. The third kappa shape index (κ3) is 4.89. The molecule has 0 saturated carbocycles. The van der Waals surface area contributed by atoms with E-state index in [0.717, 1.165) is 15.8 Å². The largest absolute Gasteiger partial charge is 0.302 e. The van der Waals surface area contributed by atoms with Crippen molar-refractivity contribution in [3.05, 3.63) is 80.7 Å². The summed E-state index contributed by atoms with van der Waals surface area (Å²) < 4.78 is 0.883. The number of fused-ring (bicyclic) bond motifs is 1. The Morgan fingerprint density at radius 1 is 1.20 bits per heavy atom. The zero-order valence-electron chi connectivity index (χ0n) is 15.9. The van der Waals surface area contributed by atoms with Gasteiger partial charge < -0.3 is 10.3 Å². The molecule has 0 spiro atoms. The average molecular weight is 457 g/mol. The number of nitrogens with one attached hydrogen (secondary N) is 2. The van der Waals surface area contributed by atoms with Crippen LogP contribution >= 0.6 is 34.7 Å². The van der Waals surface area contributed by atoms with Gasteiger partial charge in [0.2, 0.25) is 5.91 Å². The van der Waals surface area contributed by atoms with Crippen molar-refractivity contribution in [3.8, 4) is 0 Å². The van der Waals surface area contributed by atoms with Gasteiger partial charge in [-0.2, -0.15) is 0 Å². The number of thioether (sulfide) groups is 1. The maximum absolute atomic E-state index is 12.5. The van der Waals surface area contributed by atoms with Gasteiger partial charge in [-0.25, -0.2) is 9.97 Å². The summed E-state index contributed by atoms with van der Waals surface area (Å²) in [5.41, 5.74) is 2.49. The topological polar surface area (TPSA) is 87.7 Å². The van der Waals surface area contributed by atoms with Gasteiger partial charge in [-0.15, -0.1) is 0 Å². The van der Waals surface area contributed by atoms with Crippen LogP contribution in [0.15, 0.2) is 58.5 Å². The maximum atomic E-state index is 12.5. The quantitative estimate of drug-likeness (QED) is 0.321. The van der Waals surface area contributed by atoms with Crippen LogP contribution in [0.25, 0.3) is 10.2 Å². The minimum absolute atomic E-state index is 0.0749. The number of carbonyl (C=O) groups is 1. The number of nitrogens with zero attached hydrogens (tertiary/aromatic N) is 2. The monoisotopic (exact) mass is 456 g/mol. The average Bonchev–Trinajstić information content (AvgIpc) is 3.11. The summed E-state index contributed by atoms with van der Waals surface area (Å²) in [6.45, 7) is 1.74. The molecule has 6 nitrogen and oxygen atoms in total. The molecule has 152 valence electrons. The number of aryl methyl sites for hydroxylation is 1. The number of aromatic nitrogens is 3. The van der Waals surface area contributed by atoms with E-state index < -0.39 is 0 Å². The molecule has 1 amide bonds. The lowest BCUT2D eigenvalue weighted by Crippen LogP contribution is -2.23. The number of amides is 1. The molecule has 0 bridgehead atoms. The summed E-state index contributed by atoms with van der Waals surface area (Å²) in [4.78, 5) is 36.6. The summed E-state index contributed by atoms with van der Waals surface area (Å²) in [6.07, 6.45) is -0.0749. The third-order valence-electron chi connectivity index (χ3n) is 4.35. The summed E-state index contributed by atoms with van der Waals surface area (Å²) in [7, 11) is 0. The number of anilines is 1. The van der Waals surface area contributed by atoms with Crippen LogP contribution in [0, 0.1) is 6.92 Å². The van der Waals surface area contributed by atoms with Crippen LogP contribution in [-0.4, -0.2) is 20.9 Å². The number of carbonyl (C=O) groups excluding carboxylic acids is 1. The van der Waals surface area contributed by atoms with Crippen LogP contribution in [0.4, 0.5) is 5.13 Å². The minimum atomic E-state index is -0.319. The van der Waals surface area contributed by atoms with Crippen LogP contribution in [-0.2, 0) is 17.0 Å². The van der Waals surface area contributed by atoms with Crippen molar-refractivity contribution in [2.75, 3.05) is 5.32 Å². The lowest BCUT2D eigenvalue weighted by molar-refractivity contribution is -0.115. The third-order valence-corrected chi connectivity index (χ3v) is 6.47. The molecule has 30 heavy (non-hydrogen) atoms. The first-order valence-corrected chi connectivity index (χ1v) is 11.3. The van der Waals surface area contributed by atoms with E-state index in [1.807, 2.05) is 30.3 Å². The number of halogens is 1. The van der Waals surface area contributed by atoms with Crippen molar-refractivity contribution in [1.29, 1.82) is 0 Å². The second kappa shape index (κ2) is 8.99. The fourth-order valence-corrected chi connectivity index (χ4v) is 4.88. The smallest absolute Gasteiger partial charge is 0.255 e. The first-order valence-electron chi connectivity index (χ1n) is 9.10. The summed E-state index contributed by atoms with van der Waals surface area (Å²) in [5, 5.41) is 4.37. The van der Waals surface area contributed by atoms with E-state index in [1.165, 1.54) is 23.1 Å². The van der Waals surface area contributed by atoms with Crippen LogP contribution in [0.2, 0.25) is 5.02 Å². The molecule has 0 unspecified atom stereocenters. The number of hydrogen-bond acceptors (Lipinski definition) is 6. The Kier molecular flexibility index (Phi) is 6.17. The van der Waals surface area contributed by atoms with Gasteiger partial charge >= 0.3 is 0 Å². The Labute approximate surface area is 185 Å². The highest BCUT2D eigenvalue weighted by Crippen LogP contribution is 2.28. The minimum Gasteiger partial charge on any atom is -0.302 e. The second-order valence-corrected chi connectivity index (χ2v) is 9.00. The van der Waals surface area contributed by atoms with E-state index in [-0.39, 0.29) is 17.9 Å². The standard InChI is InChI=1S/C21H17ClN4O2S2/c1-12-15(19(28)26-20(23-12)29-11-13-5-3-2-4-6-13)10-18(27)25-21-24-16-8-7-14(22)9-17(16)30-21/h2-9H,10-11H2,1H3,(H,23,26,28)(H,24,25,27). The number of rotatable bonds is 6. The molecule has 2 heterocycles. The second-order valence-electron chi connectivity index (χ2n) is 6.57. The molecule has 2 N–H and O–H groups in total. The molecule has 0 fully saturated rings.